The lowest BCUT2D eigenvalue weighted by Crippen LogP contribution is -2.33. The quantitative estimate of drug-likeness (QED) is 0.460. The molecule has 3 aromatic rings. The van der Waals surface area contributed by atoms with Crippen molar-refractivity contribution in [3.05, 3.63) is 87.4 Å². The molecule has 0 spiro atoms. The molecule has 0 bridgehead atoms. The molecule has 2 aliphatic rings. The molecule has 0 saturated carbocycles. The molecule has 0 saturated heterocycles. The number of hydrogen-bond acceptors (Lipinski definition) is 7. The Morgan fingerprint density at radius 3 is 2.63 bits per heavy atom. The van der Waals surface area contributed by atoms with Gasteiger partial charge in [-0.15, -0.1) is 0 Å². The van der Waals surface area contributed by atoms with E-state index in [4.69, 9.17) is 19.0 Å². The van der Waals surface area contributed by atoms with Crippen LogP contribution in [0.15, 0.2) is 64.1 Å². The number of nitro groups is 1. The van der Waals surface area contributed by atoms with Crippen LogP contribution < -0.4 is 9.47 Å². The number of methoxy groups -OCH3 is 1. The second-order valence-electron chi connectivity index (χ2n) is 7.25. The summed E-state index contributed by atoms with van der Waals surface area (Å²) in [7, 11) is 1.61. The average molecular weight is 405 g/mol. The molecule has 30 heavy (non-hydrogen) atoms. The van der Waals surface area contributed by atoms with Crippen molar-refractivity contribution in [3.63, 3.8) is 0 Å². The fourth-order valence-corrected chi connectivity index (χ4v) is 3.96. The smallest absolute Gasteiger partial charge is 0.269 e. The number of ether oxygens (including phenoxy) is 2. The third-order valence-corrected chi connectivity index (χ3v) is 5.41. The summed E-state index contributed by atoms with van der Waals surface area (Å²) in [5.41, 5.74) is 2.61. The van der Waals surface area contributed by atoms with Crippen LogP contribution in [0.5, 0.6) is 11.5 Å². The zero-order chi connectivity index (χ0) is 20.8. The van der Waals surface area contributed by atoms with Crippen LogP contribution in [0.4, 0.5) is 5.69 Å². The molecule has 0 unspecified atom stereocenters. The van der Waals surface area contributed by atoms with E-state index in [1.807, 2.05) is 42.3 Å². The van der Waals surface area contributed by atoms with Crippen molar-refractivity contribution >= 4 is 11.4 Å². The molecule has 5 rings (SSSR count). The number of hydrogen-bond donors (Lipinski definition) is 0. The van der Waals surface area contributed by atoms with Crippen LogP contribution in [-0.2, 0) is 0 Å². The molecule has 1 aromatic heterocycles. The minimum absolute atomic E-state index is 0.0285. The Labute approximate surface area is 172 Å². The Balaban J connectivity index is 1.60. The van der Waals surface area contributed by atoms with Gasteiger partial charge in [0.15, 0.2) is 11.5 Å². The summed E-state index contributed by atoms with van der Waals surface area (Å²) < 4.78 is 17.7. The van der Waals surface area contributed by atoms with Crippen LogP contribution in [0.2, 0.25) is 0 Å². The number of hydrazone groups is 1. The van der Waals surface area contributed by atoms with Gasteiger partial charge >= 0.3 is 0 Å². The monoisotopic (exact) mass is 405 g/mol. The number of fused-ring (bicyclic) bond motifs is 3. The molecule has 8 heteroatoms. The van der Waals surface area contributed by atoms with E-state index in [-0.39, 0.29) is 11.7 Å². The van der Waals surface area contributed by atoms with Crippen molar-refractivity contribution in [1.29, 1.82) is 0 Å². The predicted molar refractivity (Wildman–Crippen MR) is 109 cm³/mol. The SMILES string of the molecule is COc1cccc2c1O[C@@H](c1ccc([N+](=O)[O-])cc1)N1N=C(c3ccc(C)o3)C[C@H]21. The molecular formula is C22H19N3O5. The van der Waals surface area contributed by atoms with Crippen LogP contribution in [0.25, 0.3) is 0 Å². The Kier molecular flexibility index (Phi) is 4.20. The molecule has 152 valence electrons. The molecule has 0 radical (unpaired) electrons. The number of non-ortho nitro benzene ring substituents is 1. The molecular weight excluding hydrogens is 386 g/mol. The maximum absolute atomic E-state index is 11.0. The zero-order valence-corrected chi connectivity index (χ0v) is 16.4. The van der Waals surface area contributed by atoms with Crippen molar-refractivity contribution in [2.24, 2.45) is 5.10 Å². The summed E-state index contributed by atoms with van der Waals surface area (Å²) >= 11 is 0. The van der Waals surface area contributed by atoms with E-state index >= 15 is 0 Å². The maximum atomic E-state index is 11.0. The van der Waals surface area contributed by atoms with Gasteiger partial charge in [0.25, 0.3) is 5.69 Å². The van der Waals surface area contributed by atoms with E-state index in [0.29, 0.717) is 17.9 Å². The average Bonchev–Trinajstić information content (AvgIpc) is 3.39. The first kappa shape index (κ1) is 18.2. The summed E-state index contributed by atoms with van der Waals surface area (Å²) in [6.07, 6.45) is 0.105. The lowest BCUT2D eigenvalue weighted by molar-refractivity contribution is -0.384. The second-order valence-corrected chi connectivity index (χ2v) is 7.25. The van der Waals surface area contributed by atoms with Gasteiger partial charge in [-0.2, -0.15) is 5.10 Å². The van der Waals surface area contributed by atoms with Crippen LogP contribution >= 0.6 is 0 Å². The van der Waals surface area contributed by atoms with E-state index < -0.39 is 11.2 Å². The van der Waals surface area contributed by atoms with Crippen molar-refractivity contribution in [2.75, 3.05) is 7.11 Å². The summed E-state index contributed by atoms with van der Waals surface area (Å²) in [5, 5.41) is 17.8. The number of benzene rings is 2. The van der Waals surface area contributed by atoms with Crippen LogP contribution in [0, 0.1) is 17.0 Å². The zero-order valence-electron chi connectivity index (χ0n) is 16.4. The first-order valence-corrected chi connectivity index (χ1v) is 9.55. The van der Waals surface area contributed by atoms with Crippen molar-refractivity contribution < 1.29 is 18.8 Å². The topological polar surface area (TPSA) is 90.3 Å². The van der Waals surface area contributed by atoms with Gasteiger partial charge in [0.05, 0.1) is 18.1 Å². The Morgan fingerprint density at radius 2 is 1.97 bits per heavy atom. The lowest BCUT2D eigenvalue weighted by Gasteiger charge is -2.38. The minimum Gasteiger partial charge on any atom is -0.493 e. The first-order valence-electron chi connectivity index (χ1n) is 9.55. The number of rotatable bonds is 4. The number of furan rings is 1. The summed E-state index contributed by atoms with van der Waals surface area (Å²) in [6, 6.07) is 15.9. The highest BCUT2D eigenvalue weighted by atomic mass is 16.6. The van der Waals surface area contributed by atoms with Gasteiger partial charge in [-0.25, -0.2) is 5.01 Å². The van der Waals surface area contributed by atoms with E-state index in [0.717, 1.165) is 28.4 Å². The molecule has 0 amide bonds. The summed E-state index contributed by atoms with van der Waals surface area (Å²) in [4.78, 5) is 10.6. The molecule has 2 aliphatic heterocycles. The molecule has 3 heterocycles. The first-order chi connectivity index (χ1) is 14.5. The van der Waals surface area contributed by atoms with E-state index in [9.17, 15) is 10.1 Å². The predicted octanol–water partition coefficient (Wildman–Crippen LogP) is 4.75. The summed E-state index contributed by atoms with van der Waals surface area (Å²) in [5.74, 6) is 2.86. The highest BCUT2D eigenvalue weighted by Gasteiger charge is 2.42. The van der Waals surface area contributed by atoms with Gasteiger partial charge < -0.3 is 13.9 Å². The van der Waals surface area contributed by atoms with E-state index in [1.165, 1.54) is 12.1 Å². The third kappa shape index (κ3) is 2.88. The number of aryl methyl sites for hydroxylation is 1. The molecule has 8 nitrogen and oxygen atoms in total. The molecule has 0 N–H and O–H groups in total. The maximum Gasteiger partial charge on any atom is 0.269 e. The fourth-order valence-electron chi connectivity index (χ4n) is 3.96. The fraction of sp³-hybridized carbons (Fsp3) is 0.227. The molecule has 0 fully saturated rings. The van der Waals surface area contributed by atoms with E-state index in [2.05, 4.69) is 0 Å². The summed E-state index contributed by atoms with van der Waals surface area (Å²) in [6.45, 7) is 1.90. The van der Waals surface area contributed by atoms with Gasteiger partial charge in [-0.1, -0.05) is 12.1 Å². The van der Waals surface area contributed by atoms with Gasteiger partial charge in [0.1, 0.15) is 17.2 Å². The van der Waals surface area contributed by atoms with Crippen molar-refractivity contribution in [3.8, 4) is 11.5 Å². The Morgan fingerprint density at radius 1 is 1.17 bits per heavy atom. The Hall–Kier alpha value is -3.81. The second kappa shape index (κ2) is 6.91. The highest BCUT2D eigenvalue weighted by Crippen LogP contribution is 2.50. The number of nitro benzene ring substituents is 1. The van der Waals surface area contributed by atoms with Crippen molar-refractivity contribution in [1.82, 2.24) is 5.01 Å². The van der Waals surface area contributed by atoms with Gasteiger partial charge in [0, 0.05) is 29.7 Å². The largest absolute Gasteiger partial charge is 0.493 e. The Bertz CT molecular complexity index is 1150. The van der Waals surface area contributed by atoms with E-state index in [1.54, 1.807) is 19.2 Å². The molecule has 0 aliphatic carbocycles. The minimum atomic E-state index is -0.548. The van der Waals surface area contributed by atoms with Crippen molar-refractivity contribution in [2.45, 2.75) is 25.6 Å². The third-order valence-electron chi connectivity index (χ3n) is 5.41. The standard InChI is InChI=1S/C22H19N3O5/c1-13-6-11-19(29-13)17-12-18-16-4-3-5-20(28-2)21(16)30-22(24(18)23-17)14-7-9-15(10-8-14)25(26)27/h3-11,18,22H,12H2,1-2H3/t18-,22+/m1/s1. The van der Waals surface area contributed by atoms with Gasteiger partial charge in [-0.3, -0.25) is 10.1 Å². The van der Waals surface area contributed by atoms with Crippen LogP contribution in [0.1, 0.15) is 41.3 Å². The molecule has 2 atom stereocenters. The molecule has 2 aromatic carbocycles. The van der Waals surface area contributed by atoms with Crippen LogP contribution in [-0.4, -0.2) is 22.8 Å². The normalized spacial score (nSPS) is 19.5. The highest BCUT2D eigenvalue weighted by molar-refractivity contribution is 5.99. The van der Waals surface area contributed by atoms with Crippen LogP contribution in [0.3, 0.4) is 0 Å². The van der Waals surface area contributed by atoms with Gasteiger partial charge in [-0.05, 0) is 37.3 Å². The van der Waals surface area contributed by atoms with Gasteiger partial charge in [0.2, 0.25) is 6.23 Å². The number of para-hydroxylation sites is 1. The number of nitrogens with zero attached hydrogens (tertiary/aromatic N) is 3. The lowest BCUT2D eigenvalue weighted by atomic mass is 9.97.